The number of likely N-dealkylation sites (tertiary alicyclic amines) is 1. The number of nitrogens with zero attached hydrogens (tertiary/aromatic N) is 2. The number of hydrogen-bond acceptors (Lipinski definition) is 4. The number of amides is 2. The van der Waals surface area contributed by atoms with Gasteiger partial charge in [0.05, 0.1) is 5.92 Å². The van der Waals surface area contributed by atoms with E-state index in [1.165, 1.54) is 6.42 Å². The van der Waals surface area contributed by atoms with Crippen LogP contribution in [0.1, 0.15) is 19.3 Å². The average Bonchev–Trinajstić information content (AvgIpc) is 3.06. The number of rotatable bonds is 7. The third-order valence-corrected chi connectivity index (χ3v) is 4.42. The van der Waals surface area contributed by atoms with Crippen LogP contribution in [0.5, 0.6) is 0 Å². The van der Waals surface area contributed by atoms with Gasteiger partial charge in [-0.3, -0.25) is 9.59 Å². The summed E-state index contributed by atoms with van der Waals surface area (Å²) in [5.74, 6) is 0.673. The van der Waals surface area contributed by atoms with Crippen LogP contribution in [-0.2, 0) is 9.59 Å². The van der Waals surface area contributed by atoms with Crippen LogP contribution >= 0.6 is 0 Å². The van der Waals surface area contributed by atoms with Crippen molar-refractivity contribution in [2.45, 2.75) is 19.3 Å². The highest BCUT2D eigenvalue weighted by Gasteiger charge is 2.33. The standard InChI is InChI=1S/C15H28N4O2/c1-18(2)7-8-19-11-13(9-14(19)20)15(21)17-6-4-12-3-5-16-10-12/h12-13,16H,3-11H2,1-2H3,(H,17,21). The van der Waals surface area contributed by atoms with Crippen molar-refractivity contribution in [1.82, 2.24) is 20.4 Å². The van der Waals surface area contributed by atoms with Crippen LogP contribution < -0.4 is 10.6 Å². The Balaban J connectivity index is 1.67. The first-order chi connectivity index (χ1) is 10.1. The molecule has 2 N–H and O–H groups in total. The fourth-order valence-electron chi connectivity index (χ4n) is 2.99. The molecule has 6 nitrogen and oxygen atoms in total. The van der Waals surface area contributed by atoms with Gasteiger partial charge in [-0.2, -0.15) is 0 Å². The van der Waals surface area contributed by atoms with Gasteiger partial charge in [-0.15, -0.1) is 0 Å². The Morgan fingerprint density at radius 1 is 1.48 bits per heavy atom. The molecule has 120 valence electrons. The molecule has 0 aromatic heterocycles. The quantitative estimate of drug-likeness (QED) is 0.665. The molecule has 2 unspecified atom stereocenters. The zero-order valence-corrected chi connectivity index (χ0v) is 13.2. The van der Waals surface area contributed by atoms with Crippen molar-refractivity contribution in [1.29, 1.82) is 0 Å². The predicted molar refractivity (Wildman–Crippen MR) is 81.8 cm³/mol. The van der Waals surface area contributed by atoms with E-state index in [9.17, 15) is 9.59 Å². The topological polar surface area (TPSA) is 64.7 Å². The molecule has 0 aromatic rings. The molecule has 6 heteroatoms. The predicted octanol–water partition coefficient (Wildman–Crippen LogP) is -0.488. The first kappa shape index (κ1) is 16.2. The van der Waals surface area contributed by atoms with Crippen LogP contribution in [0.15, 0.2) is 0 Å². The first-order valence-corrected chi connectivity index (χ1v) is 7.97. The summed E-state index contributed by atoms with van der Waals surface area (Å²) >= 11 is 0. The molecule has 2 fully saturated rings. The lowest BCUT2D eigenvalue weighted by molar-refractivity contribution is -0.129. The third-order valence-electron chi connectivity index (χ3n) is 4.42. The Morgan fingerprint density at radius 2 is 2.29 bits per heavy atom. The second-order valence-electron chi connectivity index (χ2n) is 6.48. The van der Waals surface area contributed by atoms with E-state index in [2.05, 4.69) is 15.5 Å². The Bertz CT molecular complexity index is 367. The van der Waals surface area contributed by atoms with Gasteiger partial charge >= 0.3 is 0 Å². The van der Waals surface area contributed by atoms with Gasteiger partial charge in [-0.05, 0) is 45.9 Å². The van der Waals surface area contributed by atoms with Gasteiger partial charge in [-0.1, -0.05) is 0 Å². The van der Waals surface area contributed by atoms with Crippen LogP contribution in [0.3, 0.4) is 0 Å². The van der Waals surface area contributed by atoms with E-state index < -0.39 is 0 Å². The van der Waals surface area contributed by atoms with Gasteiger partial charge < -0.3 is 20.4 Å². The minimum Gasteiger partial charge on any atom is -0.356 e. The maximum absolute atomic E-state index is 12.1. The van der Waals surface area contributed by atoms with Gasteiger partial charge in [-0.25, -0.2) is 0 Å². The molecule has 2 atom stereocenters. The third kappa shape index (κ3) is 4.97. The highest BCUT2D eigenvalue weighted by molar-refractivity contribution is 5.89. The average molecular weight is 296 g/mol. The number of likely N-dealkylation sites (N-methyl/N-ethyl adjacent to an activating group) is 1. The molecule has 0 spiro atoms. The van der Waals surface area contributed by atoms with Crippen molar-refractivity contribution in [3.63, 3.8) is 0 Å². The van der Waals surface area contributed by atoms with Gasteiger partial charge in [0.25, 0.3) is 0 Å². The zero-order chi connectivity index (χ0) is 15.2. The van der Waals surface area contributed by atoms with Crippen LogP contribution in [0.2, 0.25) is 0 Å². The second kappa shape index (κ2) is 7.75. The molecule has 2 aliphatic heterocycles. The number of carbonyl (C=O) groups excluding carboxylic acids is 2. The molecule has 2 heterocycles. The fourth-order valence-corrected chi connectivity index (χ4v) is 2.99. The molecule has 0 radical (unpaired) electrons. The van der Waals surface area contributed by atoms with E-state index in [1.807, 2.05) is 19.0 Å². The normalized spacial score (nSPS) is 25.9. The summed E-state index contributed by atoms with van der Waals surface area (Å²) in [5.41, 5.74) is 0. The summed E-state index contributed by atoms with van der Waals surface area (Å²) in [6.45, 7) is 5.02. The molecule has 0 bridgehead atoms. The largest absolute Gasteiger partial charge is 0.356 e. The highest BCUT2D eigenvalue weighted by Crippen LogP contribution is 2.18. The summed E-state index contributed by atoms with van der Waals surface area (Å²) in [7, 11) is 3.98. The molecule has 2 aliphatic rings. The van der Waals surface area contributed by atoms with Crippen molar-refractivity contribution in [3.8, 4) is 0 Å². The van der Waals surface area contributed by atoms with E-state index >= 15 is 0 Å². The van der Waals surface area contributed by atoms with Crippen molar-refractivity contribution in [2.24, 2.45) is 11.8 Å². The number of nitrogens with one attached hydrogen (secondary N) is 2. The van der Waals surface area contributed by atoms with E-state index in [1.54, 1.807) is 0 Å². The zero-order valence-electron chi connectivity index (χ0n) is 13.2. The Hall–Kier alpha value is -1.14. The molecule has 2 saturated heterocycles. The van der Waals surface area contributed by atoms with Crippen molar-refractivity contribution >= 4 is 11.8 Å². The molecule has 0 aliphatic carbocycles. The molecule has 2 amide bonds. The smallest absolute Gasteiger partial charge is 0.225 e. The number of carbonyl (C=O) groups is 2. The maximum atomic E-state index is 12.1. The minimum atomic E-state index is -0.165. The Kier molecular flexibility index (Phi) is 5.99. The monoisotopic (exact) mass is 296 g/mol. The molecule has 21 heavy (non-hydrogen) atoms. The summed E-state index contributed by atoms with van der Waals surface area (Å²) in [4.78, 5) is 27.9. The van der Waals surface area contributed by atoms with Crippen molar-refractivity contribution < 1.29 is 9.59 Å². The lowest BCUT2D eigenvalue weighted by Gasteiger charge is -2.19. The van der Waals surface area contributed by atoms with Gasteiger partial charge in [0.1, 0.15) is 0 Å². The van der Waals surface area contributed by atoms with Crippen LogP contribution in [0, 0.1) is 11.8 Å². The molecule has 0 saturated carbocycles. The van der Waals surface area contributed by atoms with Gasteiger partial charge in [0.15, 0.2) is 0 Å². The SMILES string of the molecule is CN(C)CCN1CC(C(=O)NCCC2CCNC2)CC1=O. The van der Waals surface area contributed by atoms with Gasteiger partial charge in [0.2, 0.25) is 11.8 Å². The van der Waals surface area contributed by atoms with Crippen LogP contribution in [-0.4, -0.2) is 75.0 Å². The summed E-state index contributed by atoms with van der Waals surface area (Å²) in [6.07, 6.45) is 2.60. The summed E-state index contributed by atoms with van der Waals surface area (Å²) in [5, 5.41) is 6.33. The maximum Gasteiger partial charge on any atom is 0.225 e. The molecular formula is C15H28N4O2. The van der Waals surface area contributed by atoms with Gasteiger partial charge in [0, 0.05) is 32.6 Å². The first-order valence-electron chi connectivity index (χ1n) is 7.97. The Labute approximate surface area is 127 Å². The van der Waals surface area contributed by atoms with Crippen molar-refractivity contribution in [2.75, 3.05) is 53.4 Å². The molecule has 2 rings (SSSR count). The van der Waals surface area contributed by atoms with E-state index in [4.69, 9.17) is 0 Å². The fraction of sp³-hybridized carbons (Fsp3) is 0.867. The minimum absolute atomic E-state index is 0.0432. The molecule has 0 aromatic carbocycles. The van der Waals surface area contributed by atoms with E-state index in [0.29, 0.717) is 25.4 Å². The van der Waals surface area contributed by atoms with E-state index in [-0.39, 0.29) is 17.7 Å². The Morgan fingerprint density at radius 3 is 2.95 bits per heavy atom. The lowest BCUT2D eigenvalue weighted by Crippen LogP contribution is -2.36. The second-order valence-corrected chi connectivity index (χ2v) is 6.48. The number of hydrogen-bond donors (Lipinski definition) is 2. The summed E-state index contributed by atoms with van der Waals surface area (Å²) in [6, 6.07) is 0. The van der Waals surface area contributed by atoms with E-state index in [0.717, 1.165) is 32.6 Å². The highest BCUT2D eigenvalue weighted by atomic mass is 16.2. The van der Waals surface area contributed by atoms with Crippen molar-refractivity contribution in [3.05, 3.63) is 0 Å². The van der Waals surface area contributed by atoms with Crippen LogP contribution in [0.4, 0.5) is 0 Å². The molecular weight excluding hydrogens is 268 g/mol. The lowest BCUT2D eigenvalue weighted by atomic mass is 10.0. The van der Waals surface area contributed by atoms with Crippen LogP contribution in [0.25, 0.3) is 0 Å². The summed E-state index contributed by atoms with van der Waals surface area (Å²) < 4.78 is 0.